The molecule has 0 radical (unpaired) electrons. The van der Waals surface area contributed by atoms with Gasteiger partial charge in [-0.3, -0.25) is 23.7 Å². The monoisotopic (exact) mass is 639 g/mol. The summed E-state index contributed by atoms with van der Waals surface area (Å²) in [5.41, 5.74) is 1.10. The second-order valence-electron chi connectivity index (χ2n) is 10.4. The minimum atomic E-state index is -4.59. The highest BCUT2D eigenvalue weighted by molar-refractivity contribution is 8.00. The molecule has 44 heavy (non-hydrogen) atoms. The topological polar surface area (TPSA) is 97.7 Å². The molecule has 1 fully saturated rings. The van der Waals surface area contributed by atoms with Crippen LogP contribution in [0.2, 0.25) is 0 Å². The van der Waals surface area contributed by atoms with E-state index in [1.165, 1.54) is 28.7 Å². The van der Waals surface area contributed by atoms with E-state index < -0.39 is 58.0 Å². The molecule has 1 N–H and O–H groups in total. The number of halogens is 3. The molecule has 0 bridgehead atoms. The van der Waals surface area contributed by atoms with Crippen molar-refractivity contribution in [2.24, 2.45) is 5.92 Å². The van der Waals surface area contributed by atoms with E-state index in [-0.39, 0.29) is 5.69 Å². The van der Waals surface area contributed by atoms with Crippen LogP contribution in [0.5, 0.6) is 5.75 Å². The average molecular weight is 640 g/mol. The number of ether oxygens (including phenoxy) is 1. The summed E-state index contributed by atoms with van der Waals surface area (Å²) >= 11 is 1.94. The molecule has 0 spiro atoms. The number of thiazole rings is 1. The number of aromatic nitrogens is 1. The highest BCUT2D eigenvalue weighted by atomic mass is 32.2. The largest absolute Gasteiger partial charge is 0.497 e. The molecule has 1 aromatic heterocycles. The summed E-state index contributed by atoms with van der Waals surface area (Å²) in [4.78, 5) is 55.3. The Morgan fingerprint density at radius 3 is 2.34 bits per heavy atom. The van der Waals surface area contributed by atoms with Crippen LogP contribution in [-0.4, -0.2) is 34.6 Å². The van der Waals surface area contributed by atoms with Gasteiger partial charge in [0.2, 0.25) is 17.7 Å². The molecule has 3 atom stereocenters. The molecule has 226 valence electrons. The summed E-state index contributed by atoms with van der Waals surface area (Å²) < 4.78 is 46.0. The Morgan fingerprint density at radius 1 is 0.977 bits per heavy atom. The van der Waals surface area contributed by atoms with Gasteiger partial charge >= 0.3 is 11.0 Å². The molecular weight excluding hydrogens is 615 g/mol. The number of anilines is 2. The zero-order chi connectivity index (χ0) is 31.3. The molecule has 2 aliphatic rings. The number of amides is 3. The lowest BCUT2D eigenvalue weighted by Crippen LogP contribution is -2.33. The third-order valence-corrected chi connectivity index (χ3v) is 10.2. The van der Waals surface area contributed by atoms with Crippen molar-refractivity contribution in [2.75, 3.05) is 17.3 Å². The predicted molar refractivity (Wildman–Crippen MR) is 160 cm³/mol. The van der Waals surface area contributed by atoms with Crippen LogP contribution in [0.25, 0.3) is 0 Å². The van der Waals surface area contributed by atoms with Crippen LogP contribution >= 0.6 is 23.1 Å². The molecule has 13 heteroatoms. The van der Waals surface area contributed by atoms with Gasteiger partial charge in [-0.05, 0) is 55.0 Å². The molecule has 4 aromatic rings. The summed E-state index contributed by atoms with van der Waals surface area (Å²) in [7, 11) is 1.52. The maximum Gasteiger partial charge on any atom is 0.416 e. The maximum absolute atomic E-state index is 14.0. The zero-order valence-electron chi connectivity index (χ0n) is 23.3. The first-order valence-corrected chi connectivity index (χ1v) is 15.1. The van der Waals surface area contributed by atoms with Gasteiger partial charge in [0, 0.05) is 16.5 Å². The van der Waals surface area contributed by atoms with E-state index in [1.54, 1.807) is 36.4 Å². The van der Waals surface area contributed by atoms with Gasteiger partial charge < -0.3 is 10.1 Å². The normalized spacial score (nSPS) is 19.5. The maximum atomic E-state index is 14.0. The lowest BCUT2D eigenvalue weighted by Gasteiger charge is -2.30. The zero-order valence-corrected chi connectivity index (χ0v) is 24.9. The first-order chi connectivity index (χ1) is 21.0. The van der Waals surface area contributed by atoms with Crippen molar-refractivity contribution >= 4 is 52.2 Å². The molecule has 8 nitrogen and oxygen atoms in total. The Kier molecular flexibility index (Phi) is 7.62. The van der Waals surface area contributed by atoms with E-state index in [4.69, 9.17) is 4.74 Å². The van der Waals surface area contributed by atoms with Gasteiger partial charge in [0.1, 0.15) is 17.5 Å². The average Bonchev–Trinajstić information content (AvgIpc) is 3.43. The number of alkyl halides is 3. The fraction of sp³-hybridized carbons (Fsp3) is 0.226. The Labute approximate surface area is 257 Å². The van der Waals surface area contributed by atoms with Crippen LogP contribution in [0.1, 0.15) is 27.5 Å². The van der Waals surface area contributed by atoms with Gasteiger partial charge in [-0.2, -0.15) is 13.2 Å². The quantitative estimate of drug-likeness (QED) is 0.273. The summed E-state index contributed by atoms with van der Waals surface area (Å²) in [5.74, 6) is -2.44. The van der Waals surface area contributed by atoms with Crippen LogP contribution in [0.3, 0.4) is 0 Å². The number of thioether (sulfide) groups is 1. The number of methoxy groups -OCH3 is 1. The second kappa shape index (κ2) is 11.3. The van der Waals surface area contributed by atoms with Crippen molar-refractivity contribution in [3.05, 3.63) is 104 Å². The smallest absolute Gasteiger partial charge is 0.416 e. The molecule has 2 aliphatic heterocycles. The van der Waals surface area contributed by atoms with Crippen molar-refractivity contribution in [1.29, 1.82) is 0 Å². The van der Waals surface area contributed by atoms with Crippen LogP contribution in [-0.2, 0) is 27.1 Å². The number of carbonyl (C=O) groups is 3. The number of aryl methyl sites for hydroxylation is 1. The lowest BCUT2D eigenvalue weighted by molar-refractivity contribution is -0.137. The number of nitrogens with one attached hydrogen (secondary N) is 1. The Bertz CT molecular complexity index is 1830. The summed E-state index contributed by atoms with van der Waals surface area (Å²) in [6, 6.07) is 18.2. The number of fused-ring (bicyclic) bond motifs is 2. The third-order valence-electron chi connectivity index (χ3n) is 7.59. The molecular formula is C31H24F3N3O5S2. The third kappa shape index (κ3) is 5.30. The van der Waals surface area contributed by atoms with E-state index in [0.717, 1.165) is 40.8 Å². The number of rotatable bonds is 6. The van der Waals surface area contributed by atoms with Crippen molar-refractivity contribution < 1.29 is 32.3 Å². The van der Waals surface area contributed by atoms with Gasteiger partial charge in [0.25, 0.3) is 0 Å². The first-order valence-electron chi connectivity index (χ1n) is 13.4. The summed E-state index contributed by atoms with van der Waals surface area (Å²) in [5, 5.41) is 1.92. The second-order valence-corrected chi connectivity index (χ2v) is 12.5. The Balaban J connectivity index is 1.38. The summed E-state index contributed by atoms with van der Waals surface area (Å²) in [6.07, 6.45) is -4.59. The van der Waals surface area contributed by atoms with Gasteiger partial charge in [0.15, 0.2) is 0 Å². The number of benzene rings is 3. The van der Waals surface area contributed by atoms with Crippen LogP contribution in [0.15, 0.2) is 82.6 Å². The van der Waals surface area contributed by atoms with Gasteiger partial charge in [-0.15, -0.1) is 0 Å². The standard InChI is InChI=1S/C31H24F3N3O5S2/c1-16-6-10-20(11-7-16)37-27(39)24-23(17-8-12-21(42-2)13-9-17)26-29(43-25(24)28(37)40)36(30(41)44-26)15-22(38)35-19-5-3-4-18(14-19)31(32,33)34/h3-14,23-25H,15H2,1-2H3,(H,35,38)/t23-,24?,25?/m0/s1. The number of hydrogen-bond donors (Lipinski definition) is 1. The molecule has 1 saturated heterocycles. The summed E-state index contributed by atoms with van der Waals surface area (Å²) in [6.45, 7) is 1.40. The van der Waals surface area contributed by atoms with E-state index in [0.29, 0.717) is 26.9 Å². The molecule has 2 unspecified atom stereocenters. The number of carbonyl (C=O) groups excluding carboxylic acids is 3. The molecule has 3 heterocycles. The Morgan fingerprint density at radius 2 is 1.68 bits per heavy atom. The molecule has 0 saturated carbocycles. The van der Waals surface area contributed by atoms with Crippen LogP contribution in [0.4, 0.5) is 24.5 Å². The van der Waals surface area contributed by atoms with E-state index in [9.17, 15) is 32.3 Å². The molecule has 6 rings (SSSR count). The minimum absolute atomic E-state index is 0.0731. The number of imide groups is 1. The minimum Gasteiger partial charge on any atom is -0.497 e. The lowest BCUT2D eigenvalue weighted by atomic mass is 9.83. The Hall–Kier alpha value is -4.36. The number of hydrogen-bond acceptors (Lipinski definition) is 7. The van der Waals surface area contributed by atoms with Gasteiger partial charge in [-0.25, -0.2) is 4.90 Å². The van der Waals surface area contributed by atoms with Gasteiger partial charge in [-0.1, -0.05) is 59.0 Å². The van der Waals surface area contributed by atoms with E-state index >= 15 is 0 Å². The predicted octanol–water partition coefficient (Wildman–Crippen LogP) is 5.68. The molecule has 3 aromatic carbocycles. The van der Waals surface area contributed by atoms with Crippen molar-refractivity contribution in [3.63, 3.8) is 0 Å². The first kappa shape index (κ1) is 29.7. The van der Waals surface area contributed by atoms with Crippen molar-refractivity contribution in [2.45, 2.75) is 35.8 Å². The fourth-order valence-electron chi connectivity index (χ4n) is 5.49. The van der Waals surface area contributed by atoms with Crippen molar-refractivity contribution in [3.8, 4) is 5.75 Å². The molecule has 0 aliphatic carbocycles. The van der Waals surface area contributed by atoms with Crippen LogP contribution < -0.4 is 19.8 Å². The van der Waals surface area contributed by atoms with Crippen molar-refractivity contribution in [1.82, 2.24) is 4.57 Å². The molecule has 3 amide bonds. The van der Waals surface area contributed by atoms with Gasteiger partial charge in [0.05, 0.1) is 29.3 Å². The van der Waals surface area contributed by atoms with E-state index in [2.05, 4.69) is 5.32 Å². The fourth-order valence-corrected chi connectivity index (χ4v) is 8.26. The van der Waals surface area contributed by atoms with Crippen LogP contribution in [0, 0.1) is 12.8 Å². The SMILES string of the molecule is COc1ccc([C@@H]2c3sc(=O)n(CC(=O)Nc4cccc(C(F)(F)F)c4)c3SC3C(=O)N(c4ccc(C)cc4)C(=O)C32)cc1. The highest BCUT2D eigenvalue weighted by Crippen LogP contribution is 2.54. The number of nitrogens with zero attached hydrogens (tertiary/aromatic N) is 2. The van der Waals surface area contributed by atoms with E-state index in [1.807, 2.05) is 19.1 Å². The highest BCUT2D eigenvalue weighted by Gasteiger charge is 2.56.